The van der Waals surface area contributed by atoms with E-state index in [9.17, 15) is 14.4 Å². The Morgan fingerprint density at radius 3 is 2.63 bits per heavy atom. The van der Waals surface area contributed by atoms with Gasteiger partial charge in [-0.05, 0) is 37.3 Å². The Morgan fingerprint density at radius 2 is 1.93 bits per heavy atom. The first-order chi connectivity index (χ1) is 13.0. The minimum Gasteiger partial charge on any atom is -0.467 e. The molecule has 136 valence electrons. The van der Waals surface area contributed by atoms with Gasteiger partial charge in [-0.3, -0.25) is 14.5 Å². The molecule has 1 aliphatic rings. The van der Waals surface area contributed by atoms with Crippen LogP contribution in [-0.2, 0) is 17.9 Å². The highest BCUT2D eigenvalue weighted by molar-refractivity contribution is 6.21. The van der Waals surface area contributed by atoms with Crippen LogP contribution in [-0.4, -0.2) is 27.8 Å². The van der Waals surface area contributed by atoms with Gasteiger partial charge in [0.05, 0.1) is 35.2 Å². The van der Waals surface area contributed by atoms with E-state index in [2.05, 4.69) is 5.16 Å². The molecule has 0 N–H and O–H groups in total. The van der Waals surface area contributed by atoms with Crippen molar-refractivity contribution in [2.24, 2.45) is 0 Å². The van der Waals surface area contributed by atoms with Gasteiger partial charge < -0.3 is 13.7 Å². The number of benzene rings is 1. The first-order valence-corrected chi connectivity index (χ1v) is 8.15. The van der Waals surface area contributed by atoms with Crippen LogP contribution in [0.15, 0.2) is 51.6 Å². The predicted octanol–water partition coefficient (Wildman–Crippen LogP) is 2.73. The molecule has 8 heteroatoms. The molecule has 2 amide bonds. The van der Waals surface area contributed by atoms with Gasteiger partial charge in [-0.25, -0.2) is 4.79 Å². The zero-order valence-electron chi connectivity index (χ0n) is 14.3. The molecule has 0 saturated heterocycles. The third-order valence-corrected chi connectivity index (χ3v) is 4.12. The number of ether oxygens (including phenoxy) is 1. The van der Waals surface area contributed by atoms with Gasteiger partial charge in [0.25, 0.3) is 11.8 Å². The smallest absolute Gasteiger partial charge is 0.338 e. The molecule has 27 heavy (non-hydrogen) atoms. The van der Waals surface area contributed by atoms with Crippen LogP contribution in [0.3, 0.4) is 0 Å². The SMILES string of the molecule is Cc1cc(COC(=O)c2ccc3c(c2)C(=O)N(Cc2ccco2)C3=O)on1. The molecule has 0 aliphatic carbocycles. The lowest BCUT2D eigenvalue weighted by Crippen LogP contribution is -2.28. The number of hydrogen-bond donors (Lipinski definition) is 0. The van der Waals surface area contributed by atoms with E-state index in [-0.39, 0.29) is 29.8 Å². The summed E-state index contributed by atoms with van der Waals surface area (Å²) in [6, 6.07) is 9.28. The Morgan fingerprint density at radius 1 is 1.11 bits per heavy atom. The summed E-state index contributed by atoms with van der Waals surface area (Å²) in [7, 11) is 0. The van der Waals surface area contributed by atoms with Crippen LogP contribution in [0.4, 0.5) is 0 Å². The van der Waals surface area contributed by atoms with Crippen LogP contribution >= 0.6 is 0 Å². The summed E-state index contributed by atoms with van der Waals surface area (Å²) in [6.45, 7) is 1.71. The van der Waals surface area contributed by atoms with Crippen LogP contribution in [0.5, 0.6) is 0 Å². The van der Waals surface area contributed by atoms with E-state index in [1.54, 1.807) is 25.1 Å². The van der Waals surface area contributed by atoms with Gasteiger partial charge in [-0.15, -0.1) is 0 Å². The summed E-state index contributed by atoms with van der Waals surface area (Å²) >= 11 is 0. The second kappa shape index (κ2) is 6.56. The molecule has 1 aliphatic heterocycles. The fourth-order valence-corrected chi connectivity index (χ4v) is 2.82. The van der Waals surface area contributed by atoms with Crippen molar-refractivity contribution in [3.8, 4) is 0 Å². The number of amides is 2. The molecule has 3 aromatic rings. The summed E-state index contributed by atoms with van der Waals surface area (Å²) in [5.41, 5.74) is 1.26. The number of esters is 1. The quantitative estimate of drug-likeness (QED) is 0.505. The Balaban J connectivity index is 1.51. The second-order valence-electron chi connectivity index (χ2n) is 6.05. The maximum Gasteiger partial charge on any atom is 0.338 e. The Bertz CT molecular complexity index is 1030. The Hall–Kier alpha value is -3.68. The number of hydrogen-bond acceptors (Lipinski definition) is 7. The lowest BCUT2D eigenvalue weighted by molar-refractivity contribution is 0.0437. The van der Waals surface area contributed by atoms with E-state index >= 15 is 0 Å². The van der Waals surface area contributed by atoms with E-state index in [4.69, 9.17) is 13.7 Å². The molecule has 0 radical (unpaired) electrons. The lowest BCUT2D eigenvalue weighted by atomic mass is 10.1. The molecule has 0 spiro atoms. The summed E-state index contributed by atoms with van der Waals surface area (Å²) in [5.74, 6) is -0.628. The van der Waals surface area contributed by atoms with Crippen molar-refractivity contribution in [2.45, 2.75) is 20.1 Å². The van der Waals surface area contributed by atoms with Crippen LogP contribution in [0.25, 0.3) is 0 Å². The summed E-state index contributed by atoms with van der Waals surface area (Å²) in [6.07, 6.45) is 1.47. The van der Waals surface area contributed by atoms with Gasteiger partial charge in [0.2, 0.25) is 0 Å². The first-order valence-electron chi connectivity index (χ1n) is 8.15. The van der Waals surface area contributed by atoms with Gasteiger partial charge in [0, 0.05) is 6.07 Å². The molecule has 1 aromatic carbocycles. The second-order valence-corrected chi connectivity index (χ2v) is 6.05. The third-order valence-electron chi connectivity index (χ3n) is 4.12. The van der Waals surface area contributed by atoms with Crippen molar-refractivity contribution >= 4 is 17.8 Å². The van der Waals surface area contributed by atoms with Crippen LogP contribution < -0.4 is 0 Å². The minimum atomic E-state index is -0.628. The van der Waals surface area contributed by atoms with E-state index in [1.165, 1.54) is 24.5 Å². The molecule has 0 bridgehead atoms. The zero-order valence-corrected chi connectivity index (χ0v) is 14.3. The van der Waals surface area contributed by atoms with Crippen molar-refractivity contribution < 1.29 is 28.1 Å². The predicted molar refractivity (Wildman–Crippen MR) is 89.7 cm³/mol. The average molecular weight is 366 g/mol. The highest BCUT2D eigenvalue weighted by Gasteiger charge is 2.36. The molecule has 0 fully saturated rings. The molecule has 8 nitrogen and oxygen atoms in total. The van der Waals surface area contributed by atoms with Crippen molar-refractivity contribution in [2.75, 3.05) is 0 Å². The largest absolute Gasteiger partial charge is 0.467 e. The molecule has 2 aromatic heterocycles. The standard InChI is InChI=1S/C19H14N2O6/c1-11-7-14(27-20-11)10-26-19(24)12-4-5-15-16(8-12)18(23)21(17(15)22)9-13-3-2-6-25-13/h2-8H,9-10H2,1H3. The van der Waals surface area contributed by atoms with Gasteiger partial charge in [0.15, 0.2) is 12.4 Å². The summed E-state index contributed by atoms with van der Waals surface area (Å²) in [4.78, 5) is 38.4. The molecule has 0 unspecified atom stereocenters. The fourth-order valence-electron chi connectivity index (χ4n) is 2.82. The fraction of sp³-hybridized carbons (Fsp3) is 0.158. The number of imide groups is 1. The maximum atomic E-state index is 12.6. The van der Waals surface area contributed by atoms with Crippen molar-refractivity contribution in [1.29, 1.82) is 0 Å². The molecule has 3 heterocycles. The Labute approximate surface area is 153 Å². The first kappa shape index (κ1) is 16.8. The van der Waals surface area contributed by atoms with Crippen LogP contribution in [0.2, 0.25) is 0 Å². The molecule has 0 saturated carbocycles. The monoisotopic (exact) mass is 366 g/mol. The van der Waals surface area contributed by atoms with Crippen molar-refractivity contribution in [3.63, 3.8) is 0 Å². The highest BCUT2D eigenvalue weighted by atomic mass is 16.5. The van der Waals surface area contributed by atoms with E-state index in [0.29, 0.717) is 17.2 Å². The van der Waals surface area contributed by atoms with Crippen LogP contribution in [0, 0.1) is 6.92 Å². The summed E-state index contributed by atoms with van der Waals surface area (Å²) < 4.78 is 15.3. The van der Waals surface area contributed by atoms with Gasteiger partial charge in [-0.1, -0.05) is 5.16 Å². The number of nitrogens with zero attached hydrogens (tertiary/aromatic N) is 2. The number of aromatic nitrogens is 1. The normalized spacial score (nSPS) is 13.1. The maximum absolute atomic E-state index is 12.6. The van der Waals surface area contributed by atoms with Crippen molar-refractivity contribution in [3.05, 3.63) is 76.6 Å². The van der Waals surface area contributed by atoms with E-state index in [1.807, 2.05) is 0 Å². The number of fused-ring (bicyclic) bond motifs is 1. The topological polar surface area (TPSA) is 103 Å². The molecular weight excluding hydrogens is 352 g/mol. The number of carbonyl (C=O) groups excluding carboxylic acids is 3. The van der Waals surface area contributed by atoms with Crippen molar-refractivity contribution in [1.82, 2.24) is 10.1 Å². The van der Waals surface area contributed by atoms with Gasteiger partial charge in [-0.2, -0.15) is 0 Å². The molecule has 4 rings (SSSR count). The van der Waals surface area contributed by atoms with Crippen LogP contribution in [0.1, 0.15) is 48.3 Å². The van der Waals surface area contributed by atoms with Gasteiger partial charge >= 0.3 is 5.97 Å². The number of carbonyl (C=O) groups is 3. The van der Waals surface area contributed by atoms with Gasteiger partial charge in [0.1, 0.15) is 5.76 Å². The minimum absolute atomic E-state index is 0.0317. The van der Waals surface area contributed by atoms with E-state index < -0.39 is 17.8 Å². The Kier molecular flexibility index (Phi) is 4.08. The average Bonchev–Trinajstić information content (AvgIpc) is 3.38. The lowest BCUT2D eigenvalue weighted by Gasteiger charge is -2.11. The summed E-state index contributed by atoms with van der Waals surface area (Å²) in [5, 5.41) is 3.71. The number of furan rings is 1. The number of rotatable bonds is 5. The number of aryl methyl sites for hydroxylation is 1. The highest BCUT2D eigenvalue weighted by Crippen LogP contribution is 2.26. The third kappa shape index (κ3) is 3.12. The molecular formula is C19H14N2O6. The molecule has 0 atom stereocenters. The van der Waals surface area contributed by atoms with E-state index in [0.717, 1.165) is 4.90 Å². The zero-order chi connectivity index (χ0) is 19.0.